The molecule has 194 valence electrons. The Kier molecular flexibility index (Phi) is 7.63. The molecule has 38 heavy (non-hydrogen) atoms. The summed E-state index contributed by atoms with van der Waals surface area (Å²) in [6.07, 6.45) is 3.35. The van der Waals surface area contributed by atoms with Crippen LogP contribution in [0.25, 0.3) is 22.0 Å². The van der Waals surface area contributed by atoms with E-state index in [1.54, 1.807) is 4.90 Å². The van der Waals surface area contributed by atoms with Crippen molar-refractivity contribution in [1.82, 2.24) is 20.0 Å². The van der Waals surface area contributed by atoms with Crippen molar-refractivity contribution in [2.24, 2.45) is 0 Å². The Morgan fingerprint density at radius 2 is 1.42 bits per heavy atom. The SMILES string of the molecule is CCN(CC)C(=O)c1ccc(-c2nnc(Nc3ccc(C(=O)N4CCCCC4)cc3)c3ccccc23)cc1. The number of anilines is 2. The van der Waals surface area contributed by atoms with E-state index in [2.05, 4.69) is 15.5 Å². The maximum absolute atomic E-state index is 12.8. The maximum Gasteiger partial charge on any atom is 0.253 e. The molecule has 1 fully saturated rings. The molecule has 0 atom stereocenters. The second-order valence-electron chi connectivity index (χ2n) is 9.55. The molecule has 0 unspecified atom stereocenters. The number of carbonyl (C=O) groups excluding carboxylic acids is 2. The topological polar surface area (TPSA) is 78.4 Å². The summed E-state index contributed by atoms with van der Waals surface area (Å²) in [7, 11) is 0. The monoisotopic (exact) mass is 507 g/mol. The fraction of sp³-hybridized carbons (Fsp3) is 0.290. The fourth-order valence-electron chi connectivity index (χ4n) is 4.99. The second-order valence-corrected chi connectivity index (χ2v) is 9.55. The van der Waals surface area contributed by atoms with Gasteiger partial charge in [0.25, 0.3) is 11.8 Å². The van der Waals surface area contributed by atoms with Crippen LogP contribution in [0.4, 0.5) is 11.5 Å². The van der Waals surface area contributed by atoms with Gasteiger partial charge in [0.15, 0.2) is 5.82 Å². The number of likely N-dealkylation sites (tertiary alicyclic amines) is 1. The van der Waals surface area contributed by atoms with Gasteiger partial charge in [0.2, 0.25) is 0 Å². The molecule has 1 N–H and O–H groups in total. The highest BCUT2D eigenvalue weighted by Crippen LogP contribution is 2.31. The molecule has 7 heteroatoms. The lowest BCUT2D eigenvalue weighted by molar-refractivity contribution is 0.0723. The Morgan fingerprint density at radius 1 is 0.789 bits per heavy atom. The number of benzene rings is 3. The summed E-state index contributed by atoms with van der Waals surface area (Å²) in [5.41, 5.74) is 3.86. The minimum atomic E-state index is 0.0284. The summed E-state index contributed by atoms with van der Waals surface area (Å²) in [5.74, 6) is 0.768. The van der Waals surface area contributed by atoms with E-state index < -0.39 is 0 Å². The van der Waals surface area contributed by atoms with E-state index in [0.717, 1.165) is 53.6 Å². The van der Waals surface area contributed by atoms with Gasteiger partial charge in [-0.05, 0) is 69.5 Å². The molecule has 0 bridgehead atoms. The third-order valence-corrected chi connectivity index (χ3v) is 7.18. The Labute approximate surface area is 223 Å². The van der Waals surface area contributed by atoms with E-state index in [-0.39, 0.29) is 11.8 Å². The van der Waals surface area contributed by atoms with Gasteiger partial charge < -0.3 is 15.1 Å². The molecule has 1 aliphatic rings. The van der Waals surface area contributed by atoms with Crippen LogP contribution in [0.15, 0.2) is 72.8 Å². The van der Waals surface area contributed by atoms with Crippen LogP contribution in [0.1, 0.15) is 53.8 Å². The average molecular weight is 508 g/mol. The molecule has 2 amide bonds. The third kappa shape index (κ3) is 5.23. The molecule has 0 spiro atoms. The Hall–Kier alpha value is -4.26. The van der Waals surface area contributed by atoms with E-state index in [0.29, 0.717) is 30.0 Å². The molecule has 3 aromatic carbocycles. The first-order valence-electron chi connectivity index (χ1n) is 13.4. The Balaban J connectivity index is 1.38. The molecule has 0 saturated carbocycles. The number of nitrogens with zero attached hydrogens (tertiary/aromatic N) is 4. The molecular formula is C31H33N5O2. The van der Waals surface area contributed by atoms with Crippen LogP contribution < -0.4 is 5.32 Å². The van der Waals surface area contributed by atoms with Gasteiger partial charge in [0.1, 0.15) is 5.69 Å². The lowest BCUT2D eigenvalue weighted by Gasteiger charge is -2.26. The normalized spacial score (nSPS) is 13.4. The Bertz CT molecular complexity index is 1420. The molecule has 1 aliphatic heterocycles. The number of fused-ring (bicyclic) bond motifs is 1. The van der Waals surface area contributed by atoms with Crippen LogP contribution in [-0.2, 0) is 0 Å². The second kappa shape index (κ2) is 11.4. The van der Waals surface area contributed by atoms with Crippen molar-refractivity contribution >= 4 is 34.1 Å². The number of piperidine rings is 1. The van der Waals surface area contributed by atoms with Gasteiger partial charge in [0, 0.05) is 59.3 Å². The standard InChI is InChI=1S/C31H33N5O2/c1-3-35(4-2)30(37)23-14-12-22(13-15-23)28-26-10-6-7-11-27(26)29(34-33-28)32-25-18-16-24(17-19-25)31(38)36-20-8-5-9-21-36/h6-7,10-19H,3-5,8-9,20-21H2,1-2H3,(H,32,34). The highest BCUT2D eigenvalue weighted by atomic mass is 16.2. The molecule has 0 radical (unpaired) electrons. The van der Waals surface area contributed by atoms with Crippen molar-refractivity contribution in [2.75, 3.05) is 31.5 Å². The van der Waals surface area contributed by atoms with Crippen LogP contribution in [0.5, 0.6) is 0 Å². The summed E-state index contributed by atoms with van der Waals surface area (Å²) in [4.78, 5) is 29.2. The van der Waals surface area contributed by atoms with Gasteiger partial charge in [0.05, 0.1) is 0 Å². The van der Waals surface area contributed by atoms with Crippen molar-refractivity contribution in [3.05, 3.63) is 83.9 Å². The third-order valence-electron chi connectivity index (χ3n) is 7.18. The highest BCUT2D eigenvalue weighted by Gasteiger charge is 2.18. The lowest BCUT2D eigenvalue weighted by atomic mass is 10.0. The molecule has 7 nitrogen and oxygen atoms in total. The summed E-state index contributed by atoms with van der Waals surface area (Å²) < 4.78 is 0. The Morgan fingerprint density at radius 3 is 2.08 bits per heavy atom. The molecule has 4 aromatic rings. The number of hydrogen-bond donors (Lipinski definition) is 1. The van der Waals surface area contributed by atoms with Crippen LogP contribution in [-0.4, -0.2) is 58.0 Å². The van der Waals surface area contributed by atoms with E-state index in [4.69, 9.17) is 0 Å². The van der Waals surface area contributed by atoms with Crippen molar-refractivity contribution in [2.45, 2.75) is 33.1 Å². The van der Waals surface area contributed by atoms with Crippen molar-refractivity contribution in [3.8, 4) is 11.3 Å². The van der Waals surface area contributed by atoms with E-state index in [9.17, 15) is 9.59 Å². The van der Waals surface area contributed by atoms with Crippen LogP contribution in [0.2, 0.25) is 0 Å². The summed E-state index contributed by atoms with van der Waals surface area (Å²) in [5, 5.41) is 14.3. The van der Waals surface area contributed by atoms with E-state index in [1.807, 2.05) is 91.5 Å². The zero-order chi connectivity index (χ0) is 26.5. The van der Waals surface area contributed by atoms with Crippen molar-refractivity contribution in [1.29, 1.82) is 0 Å². The van der Waals surface area contributed by atoms with Gasteiger partial charge in [-0.25, -0.2) is 0 Å². The van der Waals surface area contributed by atoms with Gasteiger partial charge >= 0.3 is 0 Å². The molecule has 0 aliphatic carbocycles. The number of amides is 2. The predicted octanol–water partition coefficient (Wildman–Crippen LogP) is 6.15. The zero-order valence-corrected chi connectivity index (χ0v) is 22.0. The lowest BCUT2D eigenvalue weighted by Crippen LogP contribution is -2.35. The minimum absolute atomic E-state index is 0.0284. The molecule has 1 aromatic heterocycles. The van der Waals surface area contributed by atoms with Gasteiger partial charge in [-0.2, -0.15) is 0 Å². The first kappa shape index (κ1) is 25.4. The summed E-state index contributed by atoms with van der Waals surface area (Å²) in [6, 6.07) is 23.1. The van der Waals surface area contributed by atoms with Crippen LogP contribution in [0, 0.1) is 0 Å². The number of aromatic nitrogens is 2. The highest BCUT2D eigenvalue weighted by molar-refractivity contribution is 6.01. The van der Waals surface area contributed by atoms with Gasteiger partial charge in [-0.15, -0.1) is 10.2 Å². The van der Waals surface area contributed by atoms with Crippen molar-refractivity contribution in [3.63, 3.8) is 0 Å². The largest absolute Gasteiger partial charge is 0.339 e. The van der Waals surface area contributed by atoms with E-state index in [1.165, 1.54) is 6.42 Å². The number of nitrogens with one attached hydrogen (secondary N) is 1. The maximum atomic E-state index is 12.8. The first-order valence-corrected chi connectivity index (χ1v) is 13.4. The average Bonchev–Trinajstić information content (AvgIpc) is 2.98. The summed E-state index contributed by atoms with van der Waals surface area (Å²) in [6.45, 7) is 6.99. The van der Waals surface area contributed by atoms with Crippen LogP contribution >= 0.6 is 0 Å². The molecule has 1 saturated heterocycles. The van der Waals surface area contributed by atoms with E-state index >= 15 is 0 Å². The zero-order valence-electron chi connectivity index (χ0n) is 22.0. The first-order chi connectivity index (χ1) is 18.6. The molecular weight excluding hydrogens is 474 g/mol. The fourth-order valence-corrected chi connectivity index (χ4v) is 4.99. The summed E-state index contributed by atoms with van der Waals surface area (Å²) >= 11 is 0. The predicted molar refractivity (Wildman–Crippen MR) is 152 cm³/mol. The van der Waals surface area contributed by atoms with Gasteiger partial charge in [-0.1, -0.05) is 36.4 Å². The smallest absolute Gasteiger partial charge is 0.253 e. The van der Waals surface area contributed by atoms with Crippen LogP contribution in [0.3, 0.4) is 0 Å². The quantitative estimate of drug-likeness (QED) is 0.325. The number of hydrogen-bond acceptors (Lipinski definition) is 5. The number of rotatable bonds is 7. The minimum Gasteiger partial charge on any atom is -0.339 e. The number of carbonyl (C=O) groups is 2. The van der Waals surface area contributed by atoms with Gasteiger partial charge in [-0.3, -0.25) is 9.59 Å². The van der Waals surface area contributed by atoms with Crippen molar-refractivity contribution < 1.29 is 9.59 Å². The molecule has 5 rings (SSSR count). The molecule has 2 heterocycles.